The van der Waals surface area contributed by atoms with Crippen molar-refractivity contribution >= 4 is 86.8 Å². The number of Topliss-reactive ketones (excluding diaryl/α,β-unsaturated/α-hetero) is 3. The number of aromatic nitrogens is 12. The molecule has 41 nitrogen and oxygen atoms in total. The average molecular weight is 1900 g/mol. The molecule has 4 amide bonds. The van der Waals surface area contributed by atoms with Gasteiger partial charge in [0.2, 0.25) is 23.6 Å². The number of aromatic amines is 1. The Hall–Kier alpha value is -11.5. The molecule has 4 fully saturated rings. The number of hydrogen-bond donors (Lipinski definition) is 9. The van der Waals surface area contributed by atoms with Crippen LogP contribution in [0.15, 0.2) is 109 Å². The molecule has 2 bridgehead atoms. The summed E-state index contributed by atoms with van der Waals surface area (Å²) >= 11 is 0. The van der Waals surface area contributed by atoms with Gasteiger partial charge in [0.1, 0.15) is 66.0 Å². The summed E-state index contributed by atoms with van der Waals surface area (Å²) in [4.78, 5) is 146. The number of nitrogen functional groups attached to an aromatic ring is 1. The number of unbranched alkanes of at least 4 members (excludes halogenated alkanes) is 1. The number of fused-ring (bicyclic) bond motifs is 5. The third-order valence-corrected chi connectivity index (χ3v) is 26.0. The molecule has 137 heavy (non-hydrogen) atoms. The van der Waals surface area contributed by atoms with Crippen LogP contribution >= 0.6 is 0 Å². The van der Waals surface area contributed by atoms with Crippen molar-refractivity contribution in [2.24, 2.45) is 35.3 Å². The predicted octanol–water partition coefficient (Wildman–Crippen LogP) is 7.04. The molecule has 0 spiro atoms. The molecule has 1 saturated carbocycles. The number of nitrogens with zero attached hydrogens (tertiary/aromatic N) is 14. The number of nitrogens with one attached hydrogen (secondary N) is 4. The zero-order valence-electron chi connectivity index (χ0n) is 79.8. The molecule has 0 unspecified atom stereocenters. The van der Waals surface area contributed by atoms with Gasteiger partial charge in [-0.15, -0.1) is 5.10 Å². The summed E-state index contributed by atoms with van der Waals surface area (Å²) in [6.45, 7) is 16.4. The van der Waals surface area contributed by atoms with Gasteiger partial charge in [0.15, 0.2) is 11.4 Å². The topological polar surface area (TPSA) is 529 Å². The number of benzene rings is 1. The number of rotatable bonds is 35. The Morgan fingerprint density at radius 1 is 0.737 bits per heavy atom. The van der Waals surface area contributed by atoms with Gasteiger partial charge in [0.25, 0.3) is 17.6 Å². The normalized spacial score (nSPS) is 25.4. The van der Waals surface area contributed by atoms with Gasteiger partial charge in [-0.1, -0.05) is 69.4 Å². The first-order valence-corrected chi connectivity index (χ1v) is 47.4. The minimum Gasteiger partial charge on any atom is -0.508 e. The Kier molecular flexibility index (Phi) is 39.0. The SMILES string of the molecule is CO[C@H]1C[C@@H]2CC[C@@H](C)[C@@](O)(O2)C(=O)C(=O)N2CCCC[C@H]2C(=O)O[C@H]([C@H](N)C[C@@H]2CC[C@H](n3cc(COC(=O)NCCOCCOCCOCCOCCC(=O)NCc4cnc(N5CCN(c6ncc(C(=O)NCCCCn7nc(-c8cc9cc(O)ccc9[nH]8)c8c(N)ncnc87)cn6)CC5)nc4)nn3)[C@H](OC)C2)CC(=O)[C@H](C)/C=C(\C)[C@@H](O)[C@@H](OC)C(=O)[C@H](C)C[C@H](C)/C=C/C=CC=C1C. The summed E-state index contributed by atoms with van der Waals surface area (Å²) in [6, 6.07) is 4.50. The van der Waals surface area contributed by atoms with E-state index >= 15 is 0 Å². The number of esters is 1. The zero-order valence-corrected chi connectivity index (χ0v) is 79.8. The van der Waals surface area contributed by atoms with E-state index in [0.29, 0.717) is 188 Å². The quantitative estimate of drug-likeness (QED) is 0.00832. The number of anilines is 3. The average Bonchev–Trinajstić information content (AvgIpc) is 1.59. The van der Waals surface area contributed by atoms with Crippen molar-refractivity contribution in [3.63, 3.8) is 0 Å². The van der Waals surface area contributed by atoms with Crippen molar-refractivity contribution in [1.82, 2.24) is 80.5 Å². The molecular formula is C96H134N20O21. The third kappa shape index (κ3) is 28.8. The number of piperidine rings is 1. The number of ketones is 3. The fourth-order valence-corrected chi connectivity index (χ4v) is 18.0. The first kappa shape index (κ1) is 104. The van der Waals surface area contributed by atoms with Gasteiger partial charge in [-0.3, -0.25) is 28.8 Å². The number of phenols is 1. The van der Waals surface area contributed by atoms with Crippen LogP contribution < -0.4 is 37.2 Å². The van der Waals surface area contributed by atoms with Crippen LogP contribution in [0.3, 0.4) is 0 Å². The molecule has 12 rings (SSSR count). The van der Waals surface area contributed by atoms with Gasteiger partial charge in [-0.25, -0.2) is 48.9 Å². The van der Waals surface area contributed by atoms with E-state index in [1.807, 2.05) is 55.2 Å². The summed E-state index contributed by atoms with van der Waals surface area (Å²) < 4.78 is 61.5. The molecule has 4 aliphatic heterocycles. The summed E-state index contributed by atoms with van der Waals surface area (Å²) in [7, 11) is 4.50. The monoisotopic (exact) mass is 1900 g/mol. The molecule has 11 N–H and O–H groups in total. The van der Waals surface area contributed by atoms with Crippen molar-refractivity contribution in [3.05, 3.63) is 126 Å². The van der Waals surface area contributed by atoms with Crippen LogP contribution in [-0.4, -0.2) is 302 Å². The number of cyclic esters (lactones) is 1. The summed E-state index contributed by atoms with van der Waals surface area (Å²) in [5.41, 5.74) is 18.8. The molecule has 744 valence electrons. The van der Waals surface area contributed by atoms with Crippen molar-refractivity contribution < 1.29 is 101 Å². The number of carbonyl (C=O) groups is 8. The van der Waals surface area contributed by atoms with E-state index in [1.54, 1.807) is 94.1 Å². The zero-order chi connectivity index (χ0) is 97.7. The number of allylic oxidation sites excluding steroid dienone is 6. The number of carbonyl (C=O) groups excluding carboxylic acids is 8. The number of aliphatic hydroxyl groups excluding tert-OH is 1. The smallest absolute Gasteiger partial charge is 0.407 e. The maximum Gasteiger partial charge on any atom is 0.407 e. The number of aromatic hydroxyl groups is 1. The van der Waals surface area contributed by atoms with Gasteiger partial charge in [0.05, 0.1) is 100 Å². The lowest BCUT2D eigenvalue weighted by atomic mass is 9.79. The predicted molar refractivity (Wildman–Crippen MR) is 504 cm³/mol. The number of aryl methyl sites for hydroxylation is 1. The van der Waals surface area contributed by atoms with Crippen molar-refractivity contribution in [1.29, 1.82) is 0 Å². The highest BCUT2D eigenvalue weighted by Crippen LogP contribution is 2.40. The van der Waals surface area contributed by atoms with Crippen LogP contribution in [0.1, 0.15) is 166 Å². The maximum absolute atomic E-state index is 14.8. The Morgan fingerprint density at radius 2 is 1.45 bits per heavy atom. The van der Waals surface area contributed by atoms with E-state index in [0.717, 1.165) is 32.6 Å². The second-order valence-corrected chi connectivity index (χ2v) is 36.0. The van der Waals surface area contributed by atoms with Crippen LogP contribution in [0.5, 0.6) is 5.75 Å². The molecule has 1 aliphatic carbocycles. The van der Waals surface area contributed by atoms with Crippen molar-refractivity contribution in [3.8, 4) is 17.1 Å². The van der Waals surface area contributed by atoms with E-state index in [2.05, 4.69) is 66.1 Å². The number of ether oxygens (including phenoxy) is 10. The lowest BCUT2D eigenvalue weighted by Gasteiger charge is -2.42. The van der Waals surface area contributed by atoms with E-state index in [-0.39, 0.29) is 119 Å². The number of hydrogen-bond acceptors (Lipinski definition) is 34. The van der Waals surface area contributed by atoms with Crippen LogP contribution in [0.4, 0.5) is 22.5 Å². The van der Waals surface area contributed by atoms with Crippen molar-refractivity contribution in [2.45, 2.75) is 218 Å². The number of piperazine rings is 1. The molecule has 1 aromatic carbocycles. The molecule has 41 heteroatoms. The highest BCUT2D eigenvalue weighted by atomic mass is 16.6. The van der Waals surface area contributed by atoms with E-state index in [9.17, 15) is 53.7 Å². The number of alkyl carbamates (subject to hydrolysis) is 1. The fourth-order valence-electron chi connectivity index (χ4n) is 18.0. The van der Waals surface area contributed by atoms with Gasteiger partial charge < -0.3 is 110 Å². The van der Waals surface area contributed by atoms with Crippen LogP contribution in [0.25, 0.3) is 33.3 Å². The Labute approximate surface area is 796 Å². The van der Waals surface area contributed by atoms with Gasteiger partial charge >= 0.3 is 12.1 Å². The number of amides is 4. The Bertz CT molecular complexity index is 5290. The van der Waals surface area contributed by atoms with Crippen LogP contribution in [0, 0.1) is 29.6 Å². The van der Waals surface area contributed by atoms with Crippen molar-refractivity contribution in [2.75, 3.05) is 136 Å². The Balaban J connectivity index is 0.499. The first-order valence-electron chi connectivity index (χ1n) is 47.4. The summed E-state index contributed by atoms with van der Waals surface area (Å²) in [6.07, 6.45) is 20.2. The molecule has 7 aromatic rings. The lowest BCUT2D eigenvalue weighted by molar-refractivity contribution is -0.265. The lowest BCUT2D eigenvalue weighted by Crippen LogP contribution is -2.61. The molecule has 3 saturated heterocycles. The third-order valence-electron chi connectivity index (χ3n) is 26.0. The van der Waals surface area contributed by atoms with Gasteiger partial charge in [-0.05, 0) is 138 Å². The van der Waals surface area contributed by atoms with Gasteiger partial charge in [0, 0.05) is 165 Å². The molecular weight excluding hydrogens is 1770 g/mol. The Morgan fingerprint density at radius 3 is 2.15 bits per heavy atom. The summed E-state index contributed by atoms with van der Waals surface area (Å²) in [5, 5.41) is 57.2. The highest BCUT2D eigenvalue weighted by molar-refractivity contribution is 6.39. The molecule has 10 heterocycles. The number of nitrogens with two attached hydrogens (primary N) is 2. The number of aliphatic hydroxyl groups is 2. The molecule has 6 aromatic heterocycles. The highest BCUT2D eigenvalue weighted by Gasteiger charge is 2.53. The minimum atomic E-state index is -2.51. The van der Waals surface area contributed by atoms with E-state index < -0.39 is 102 Å². The maximum atomic E-state index is 14.8. The van der Waals surface area contributed by atoms with E-state index in [4.69, 9.17) is 63.9 Å². The first-order chi connectivity index (χ1) is 66.1. The molecule has 5 aliphatic rings. The minimum absolute atomic E-state index is 0.00707. The number of H-pyrrole nitrogens is 1. The van der Waals surface area contributed by atoms with Crippen LogP contribution in [-0.2, 0) is 95.8 Å². The fraction of sp³-hybridized carbons (Fsp3) is 0.594. The second-order valence-electron chi connectivity index (χ2n) is 36.0. The summed E-state index contributed by atoms with van der Waals surface area (Å²) in [5.74, 6) is -7.57. The molecule has 0 radical (unpaired) electrons. The number of phenolic OH excluding ortho intramolecular Hbond substituents is 1. The second kappa shape index (κ2) is 51.2. The molecule has 15 atom stereocenters. The number of methoxy groups -OCH3 is 3. The van der Waals surface area contributed by atoms with E-state index in [1.165, 1.54) is 25.8 Å². The van der Waals surface area contributed by atoms with Crippen LogP contribution in [0.2, 0.25) is 0 Å². The largest absolute Gasteiger partial charge is 0.508 e. The van der Waals surface area contributed by atoms with Gasteiger partial charge in [-0.2, -0.15) is 5.10 Å². The standard InChI is InChI=1S/C96H134N20O21/c1-59-17-11-10-12-18-60(2)78(128-7)49-71-23-20-64(6)96(127,137-71)87(122)91(124)114-29-15-13-19-76(114)92(125)136-79(50-77(118)61(3)44-63(5)85(121)86(130-9)84(120)62(4)43-59)72(97)45-65-21-25-75(80(46-65)129-8)116-56-69(109-111-116)57-135-95(126)100-28-36-132-38-40-134-42-41-133-39-37-131-35-26-81(119)101-51-66-52-102-93(103-53-66)112-31-33-113(34-32-112)94-104-54-68(55-105-94)90(123)99-27-14-16-30-115-89-82(88(98)106-58-107-89)83(110-115)74-48-67-47-70(117)22-24-73(67)108-74/h10-12,17-18,22,24,44,47-48,52-56,58-59,61-62,64-65,71-72,75-76,78-80,85-86,108,117,121,127H,13-16,19-21,23,25-43,45-46,49-51,57,97H2,1-9H3,(H,99,123)(H,100,126)(H,101,119)(H2,98,106,107)/b12-10?,17-11+,60-18?,63-44+/t59-,61-,62-,64-,65+,71+,72-,75+,76+,78+,79+,80-,85-,86+,96-/m1/s1.